The van der Waals surface area contributed by atoms with Crippen LogP contribution in [0, 0.1) is 0 Å². The molecule has 0 spiro atoms. The summed E-state index contributed by atoms with van der Waals surface area (Å²) in [5.74, 6) is 1.28. The molecule has 1 unspecified atom stereocenters. The zero-order valence-electron chi connectivity index (χ0n) is 12.6. The Morgan fingerprint density at radius 1 is 1.22 bits per heavy atom. The van der Waals surface area contributed by atoms with Gasteiger partial charge in [-0.3, -0.25) is 0 Å². The quantitative estimate of drug-likeness (QED) is 0.548. The minimum absolute atomic E-state index is 0.775. The van der Waals surface area contributed by atoms with Gasteiger partial charge in [-0.05, 0) is 58.5 Å². The van der Waals surface area contributed by atoms with Gasteiger partial charge in [0.05, 0.1) is 0 Å². The molecule has 1 saturated carbocycles. The number of thioether (sulfide) groups is 1. The van der Waals surface area contributed by atoms with Crippen LogP contribution in [-0.4, -0.2) is 49.1 Å². The summed E-state index contributed by atoms with van der Waals surface area (Å²) in [4.78, 5) is 2.55. The summed E-state index contributed by atoms with van der Waals surface area (Å²) in [5, 5.41) is 3.59. The average Bonchev–Trinajstić information content (AvgIpc) is 3.18. The van der Waals surface area contributed by atoms with Crippen molar-refractivity contribution in [2.45, 2.75) is 64.0 Å². The molecule has 1 fully saturated rings. The molecule has 0 radical (unpaired) electrons. The number of hydrogen-bond donors (Lipinski definition) is 1. The van der Waals surface area contributed by atoms with E-state index in [1.165, 1.54) is 63.8 Å². The predicted molar refractivity (Wildman–Crippen MR) is 84.6 cm³/mol. The fourth-order valence-electron chi connectivity index (χ4n) is 2.37. The number of nitrogens with zero attached hydrogens (tertiary/aromatic N) is 1. The van der Waals surface area contributed by atoms with Crippen molar-refractivity contribution >= 4 is 11.8 Å². The molecule has 1 aliphatic rings. The Morgan fingerprint density at radius 3 is 2.56 bits per heavy atom. The van der Waals surface area contributed by atoms with Crippen LogP contribution in [0.25, 0.3) is 0 Å². The molecular weight excluding hydrogens is 240 g/mol. The van der Waals surface area contributed by atoms with Crippen molar-refractivity contribution in [3.8, 4) is 0 Å². The lowest BCUT2D eigenvalue weighted by Crippen LogP contribution is -2.33. The second-order valence-corrected chi connectivity index (χ2v) is 6.55. The third kappa shape index (κ3) is 7.65. The van der Waals surface area contributed by atoms with Gasteiger partial charge >= 0.3 is 0 Å². The lowest BCUT2D eigenvalue weighted by Gasteiger charge is -2.26. The summed E-state index contributed by atoms with van der Waals surface area (Å²) >= 11 is 1.97. The SMILES string of the molecule is CCC(CSC)N(C)CCCCCCNC1CC1. The minimum Gasteiger partial charge on any atom is -0.314 e. The topological polar surface area (TPSA) is 15.3 Å². The highest BCUT2D eigenvalue weighted by Crippen LogP contribution is 2.18. The van der Waals surface area contributed by atoms with E-state index in [0.717, 1.165) is 12.1 Å². The Labute approximate surface area is 118 Å². The number of hydrogen-bond acceptors (Lipinski definition) is 3. The first-order valence-electron chi connectivity index (χ1n) is 7.70. The molecule has 0 aromatic carbocycles. The molecule has 1 rings (SSSR count). The van der Waals surface area contributed by atoms with Crippen molar-refractivity contribution < 1.29 is 0 Å². The van der Waals surface area contributed by atoms with E-state index in [-0.39, 0.29) is 0 Å². The normalized spacial score (nSPS) is 17.3. The fourth-order valence-corrected chi connectivity index (χ4v) is 3.24. The van der Waals surface area contributed by atoms with Crippen LogP contribution in [0.2, 0.25) is 0 Å². The lowest BCUT2D eigenvalue weighted by molar-refractivity contribution is 0.250. The monoisotopic (exact) mass is 272 g/mol. The maximum atomic E-state index is 3.59. The van der Waals surface area contributed by atoms with E-state index >= 15 is 0 Å². The van der Waals surface area contributed by atoms with Gasteiger partial charge in [-0.2, -0.15) is 11.8 Å². The van der Waals surface area contributed by atoms with Crippen LogP contribution in [0.1, 0.15) is 51.9 Å². The molecule has 0 saturated heterocycles. The second-order valence-electron chi connectivity index (χ2n) is 5.64. The Morgan fingerprint density at radius 2 is 1.94 bits per heavy atom. The largest absolute Gasteiger partial charge is 0.314 e. The Bertz CT molecular complexity index is 195. The first-order chi connectivity index (χ1) is 8.77. The standard InChI is InChI=1S/C15H32N2S/c1-4-15(13-18-3)17(2)12-8-6-5-7-11-16-14-9-10-14/h14-16H,4-13H2,1-3H3. The molecule has 0 aromatic rings. The number of rotatable bonds is 12. The van der Waals surface area contributed by atoms with Crippen LogP contribution < -0.4 is 5.32 Å². The van der Waals surface area contributed by atoms with Gasteiger partial charge in [-0.15, -0.1) is 0 Å². The molecule has 108 valence electrons. The zero-order valence-corrected chi connectivity index (χ0v) is 13.4. The van der Waals surface area contributed by atoms with Gasteiger partial charge in [0.1, 0.15) is 0 Å². The van der Waals surface area contributed by atoms with Crippen molar-refractivity contribution in [3.63, 3.8) is 0 Å². The van der Waals surface area contributed by atoms with Crippen LogP contribution in [0.3, 0.4) is 0 Å². The van der Waals surface area contributed by atoms with Crippen molar-refractivity contribution in [1.82, 2.24) is 10.2 Å². The second kappa shape index (κ2) is 10.1. The highest BCUT2D eigenvalue weighted by atomic mass is 32.2. The molecule has 0 aromatic heterocycles. The van der Waals surface area contributed by atoms with E-state index < -0.39 is 0 Å². The van der Waals surface area contributed by atoms with Gasteiger partial charge < -0.3 is 10.2 Å². The van der Waals surface area contributed by atoms with Gasteiger partial charge in [0.15, 0.2) is 0 Å². The fraction of sp³-hybridized carbons (Fsp3) is 1.00. The average molecular weight is 273 g/mol. The Kier molecular flexibility index (Phi) is 9.16. The van der Waals surface area contributed by atoms with Crippen LogP contribution in [-0.2, 0) is 0 Å². The minimum atomic E-state index is 0.775. The first kappa shape index (κ1) is 16.3. The molecule has 0 bridgehead atoms. The summed E-state index contributed by atoms with van der Waals surface area (Å²) < 4.78 is 0. The van der Waals surface area contributed by atoms with Gasteiger partial charge in [0, 0.05) is 17.8 Å². The van der Waals surface area contributed by atoms with Crippen LogP contribution in [0.15, 0.2) is 0 Å². The van der Waals surface area contributed by atoms with E-state index in [9.17, 15) is 0 Å². The molecule has 0 amide bonds. The molecule has 1 atom stereocenters. The molecule has 2 nitrogen and oxygen atoms in total. The molecule has 1 N–H and O–H groups in total. The third-order valence-corrected chi connectivity index (χ3v) is 4.62. The summed E-state index contributed by atoms with van der Waals surface area (Å²) in [6.07, 6.45) is 11.8. The van der Waals surface area contributed by atoms with E-state index in [0.29, 0.717) is 0 Å². The van der Waals surface area contributed by atoms with E-state index in [4.69, 9.17) is 0 Å². The summed E-state index contributed by atoms with van der Waals surface area (Å²) in [6.45, 7) is 4.82. The van der Waals surface area contributed by atoms with Gasteiger partial charge in [0.2, 0.25) is 0 Å². The van der Waals surface area contributed by atoms with Crippen molar-refractivity contribution in [2.24, 2.45) is 0 Å². The van der Waals surface area contributed by atoms with Crippen LogP contribution in [0.5, 0.6) is 0 Å². The molecule has 0 heterocycles. The molecular formula is C15H32N2S. The summed E-state index contributed by atoms with van der Waals surface area (Å²) in [6, 6.07) is 1.66. The molecule has 1 aliphatic carbocycles. The van der Waals surface area contributed by atoms with Crippen molar-refractivity contribution in [2.75, 3.05) is 32.1 Å². The van der Waals surface area contributed by atoms with Crippen LogP contribution in [0.4, 0.5) is 0 Å². The molecule has 18 heavy (non-hydrogen) atoms. The third-order valence-electron chi connectivity index (χ3n) is 3.90. The van der Waals surface area contributed by atoms with E-state index in [1.807, 2.05) is 11.8 Å². The van der Waals surface area contributed by atoms with Crippen LogP contribution >= 0.6 is 11.8 Å². The van der Waals surface area contributed by atoms with E-state index in [1.54, 1.807) is 0 Å². The first-order valence-corrected chi connectivity index (χ1v) is 9.09. The van der Waals surface area contributed by atoms with Gasteiger partial charge in [0.25, 0.3) is 0 Å². The highest BCUT2D eigenvalue weighted by molar-refractivity contribution is 7.98. The Hall–Kier alpha value is 0.270. The summed E-state index contributed by atoms with van der Waals surface area (Å²) in [7, 11) is 2.29. The maximum absolute atomic E-state index is 3.59. The molecule has 0 aliphatic heterocycles. The smallest absolute Gasteiger partial charge is 0.0180 e. The number of nitrogens with one attached hydrogen (secondary N) is 1. The molecule has 3 heteroatoms. The summed E-state index contributed by atoms with van der Waals surface area (Å²) in [5.41, 5.74) is 0. The Balaban J connectivity index is 1.88. The van der Waals surface area contributed by atoms with Crippen molar-refractivity contribution in [3.05, 3.63) is 0 Å². The van der Waals surface area contributed by atoms with Gasteiger partial charge in [-0.1, -0.05) is 19.8 Å². The van der Waals surface area contributed by atoms with Gasteiger partial charge in [-0.25, -0.2) is 0 Å². The zero-order chi connectivity index (χ0) is 13.2. The predicted octanol–water partition coefficient (Wildman–Crippen LogP) is 3.37. The highest BCUT2D eigenvalue weighted by Gasteiger charge is 2.19. The van der Waals surface area contributed by atoms with Crippen molar-refractivity contribution in [1.29, 1.82) is 0 Å². The number of unbranched alkanes of at least 4 members (excludes halogenated alkanes) is 3. The van der Waals surface area contributed by atoms with E-state index in [2.05, 4.69) is 30.4 Å². The lowest BCUT2D eigenvalue weighted by atomic mass is 10.1. The maximum Gasteiger partial charge on any atom is 0.0180 e.